The summed E-state index contributed by atoms with van der Waals surface area (Å²) in [4.78, 5) is 14.0. The Hall–Kier alpha value is -1.06. The largest absolute Gasteiger partial charge is 0.396 e. The summed E-state index contributed by atoms with van der Waals surface area (Å²) in [5.41, 5.74) is 1.34. The highest BCUT2D eigenvalue weighted by molar-refractivity contribution is 6.31. The molecular weight excluding hydrogens is 262 g/mol. The Morgan fingerprint density at radius 2 is 2.00 bits per heavy atom. The zero-order valence-electron chi connectivity index (χ0n) is 12.0. The summed E-state index contributed by atoms with van der Waals surface area (Å²) in [6.45, 7) is 6.41. The summed E-state index contributed by atoms with van der Waals surface area (Å²) in [5, 5.41) is 9.84. The fourth-order valence-corrected chi connectivity index (χ4v) is 2.22. The number of carbonyl (C=O) groups excluding carboxylic acids is 1. The lowest BCUT2D eigenvalue weighted by atomic mass is 9.94. The number of benzene rings is 1. The highest BCUT2D eigenvalue weighted by Gasteiger charge is 2.22. The van der Waals surface area contributed by atoms with Crippen molar-refractivity contribution in [1.82, 2.24) is 4.90 Å². The first-order valence-electron chi connectivity index (χ1n) is 6.45. The molecule has 0 radical (unpaired) electrons. The molecule has 0 aromatic heterocycles. The van der Waals surface area contributed by atoms with E-state index >= 15 is 0 Å². The van der Waals surface area contributed by atoms with E-state index in [2.05, 4.69) is 0 Å². The molecule has 0 bridgehead atoms. The molecular formula is C15H22ClNO2. The van der Waals surface area contributed by atoms with E-state index in [9.17, 15) is 9.90 Å². The molecule has 0 unspecified atom stereocenters. The Labute approximate surface area is 120 Å². The predicted molar refractivity (Wildman–Crippen MR) is 78.7 cm³/mol. The molecule has 0 saturated carbocycles. The molecule has 4 heteroatoms. The van der Waals surface area contributed by atoms with Gasteiger partial charge in [0.15, 0.2) is 0 Å². The zero-order chi connectivity index (χ0) is 14.6. The average Bonchev–Trinajstić information content (AvgIpc) is 2.36. The summed E-state index contributed by atoms with van der Waals surface area (Å²) < 4.78 is 0. The molecule has 3 nitrogen and oxygen atoms in total. The van der Waals surface area contributed by atoms with Gasteiger partial charge in [-0.3, -0.25) is 4.79 Å². The van der Waals surface area contributed by atoms with E-state index in [0.29, 0.717) is 17.1 Å². The molecule has 106 valence electrons. The molecule has 0 aliphatic carbocycles. The standard InChI is InChI=1S/C15H22ClNO2/c1-5-11-6-12(8-13(16)7-11)14(19)17(4)9-15(2,3)10-18/h6-8,18H,5,9-10H2,1-4H3. The van der Waals surface area contributed by atoms with Crippen molar-refractivity contribution in [2.24, 2.45) is 5.41 Å². The number of rotatable bonds is 5. The molecule has 0 aliphatic heterocycles. The molecule has 0 saturated heterocycles. The first kappa shape index (κ1) is 16.0. The second-order valence-electron chi connectivity index (χ2n) is 5.69. The van der Waals surface area contributed by atoms with Crippen LogP contribution in [0.25, 0.3) is 0 Å². The Morgan fingerprint density at radius 1 is 1.37 bits per heavy atom. The number of aryl methyl sites for hydroxylation is 1. The smallest absolute Gasteiger partial charge is 0.253 e. The van der Waals surface area contributed by atoms with Gasteiger partial charge in [0, 0.05) is 36.2 Å². The first-order valence-corrected chi connectivity index (χ1v) is 6.82. The number of amides is 1. The second kappa shape index (κ2) is 6.40. The number of nitrogens with zero attached hydrogens (tertiary/aromatic N) is 1. The summed E-state index contributed by atoms with van der Waals surface area (Å²) in [6, 6.07) is 5.43. The highest BCUT2D eigenvalue weighted by atomic mass is 35.5. The molecule has 0 heterocycles. The fraction of sp³-hybridized carbons (Fsp3) is 0.533. The van der Waals surface area contributed by atoms with Gasteiger partial charge in [0.05, 0.1) is 0 Å². The lowest BCUT2D eigenvalue weighted by Gasteiger charge is -2.28. The SMILES string of the molecule is CCc1cc(Cl)cc(C(=O)N(C)CC(C)(C)CO)c1. The van der Waals surface area contributed by atoms with Gasteiger partial charge in [-0.15, -0.1) is 0 Å². The van der Waals surface area contributed by atoms with E-state index in [-0.39, 0.29) is 17.9 Å². The van der Waals surface area contributed by atoms with E-state index in [1.54, 1.807) is 18.0 Å². The molecule has 19 heavy (non-hydrogen) atoms. The third-order valence-electron chi connectivity index (χ3n) is 3.05. The van der Waals surface area contributed by atoms with Crippen LogP contribution in [0.1, 0.15) is 36.7 Å². The van der Waals surface area contributed by atoms with Crippen LogP contribution in [-0.2, 0) is 6.42 Å². The minimum Gasteiger partial charge on any atom is -0.396 e. The summed E-state index contributed by atoms with van der Waals surface area (Å²) in [6.07, 6.45) is 0.840. The van der Waals surface area contributed by atoms with Crippen LogP contribution >= 0.6 is 11.6 Å². The molecule has 1 aromatic rings. The van der Waals surface area contributed by atoms with E-state index in [0.717, 1.165) is 12.0 Å². The number of aliphatic hydroxyl groups is 1. The van der Waals surface area contributed by atoms with Crippen LogP contribution in [0.3, 0.4) is 0 Å². The number of aliphatic hydroxyl groups excluding tert-OH is 1. The predicted octanol–water partition coefficient (Wildman–Crippen LogP) is 2.99. The topological polar surface area (TPSA) is 40.5 Å². The van der Waals surface area contributed by atoms with Gasteiger partial charge < -0.3 is 10.0 Å². The highest BCUT2D eigenvalue weighted by Crippen LogP contribution is 2.20. The van der Waals surface area contributed by atoms with Crippen molar-refractivity contribution in [3.63, 3.8) is 0 Å². The third kappa shape index (κ3) is 4.51. The summed E-state index contributed by atoms with van der Waals surface area (Å²) >= 11 is 6.03. The molecule has 0 spiro atoms. The van der Waals surface area contributed by atoms with Crippen LogP contribution in [0.4, 0.5) is 0 Å². The number of halogens is 1. The Morgan fingerprint density at radius 3 is 2.53 bits per heavy atom. The number of hydrogen-bond acceptors (Lipinski definition) is 2. The molecule has 0 atom stereocenters. The van der Waals surface area contributed by atoms with Crippen LogP contribution < -0.4 is 0 Å². The maximum absolute atomic E-state index is 12.3. The minimum absolute atomic E-state index is 0.0420. The second-order valence-corrected chi connectivity index (χ2v) is 6.12. The molecule has 1 aromatic carbocycles. The number of hydrogen-bond donors (Lipinski definition) is 1. The molecule has 0 fully saturated rings. The van der Waals surface area contributed by atoms with Crippen LogP contribution in [0, 0.1) is 5.41 Å². The van der Waals surface area contributed by atoms with E-state index in [1.165, 1.54) is 0 Å². The van der Waals surface area contributed by atoms with Crippen molar-refractivity contribution in [3.05, 3.63) is 34.3 Å². The van der Waals surface area contributed by atoms with Gasteiger partial charge in [-0.05, 0) is 30.2 Å². The first-order chi connectivity index (χ1) is 8.79. The minimum atomic E-state index is -0.309. The van der Waals surface area contributed by atoms with Crippen molar-refractivity contribution < 1.29 is 9.90 Å². The molecule has 1 amide bonds. The maximum Gasteiger partial charge on any atom is 0.253 e. The average molecular weight is 284 g/mol. The Bertz CT molecular complexity index is 457. The van der Waals surface area contributed by atoms with Gasteiger partial charge in [-0.1, -0.05) is 32.4 Å². The van der Waals surface area contributed by atoms with Crippen LogP contribution in [0.5, 0.6) is 0 Å². The van der Waals surface area contributed by atoms with Crippen LogP contribution in [-0.4, -0.2) is 36.1 Å². The van der Waals surface area contributed by atoms with Gasteiger partial charge in [0.1, 0.15) is 0 Å². The maximum atomic E-state index is 12.3. The fourth-order valence-electron chi connectivity index (χ4n) is 1.96. The Balaban J connectivity index is 2.91. The van der Waals surface area contributed by atoms with Crippen LogP contribution in [0.15, 0.2) is 18.2 Å². The van der Waals surface area contributed by atoms with Gasteiger partial charge in [-0.2, -0.15) is 0 Å². The molecule has 1 N–H and O–H groups in total. The van der Waals surface area contributed by atoms with E-state index in [1.807, 2.05) is 32.9 Å². The zero-order valence-corrected chi connectivity index (χ0v) is 12.8. The van der Waals surface area contributed by atoms with E-state index < -0.39 is 0 Å². The van der Waals surface area contributed by atoms with Crippen LogP contribution in [0.2, 0.25) is 5.02 Å². The lowest BCUT2D eigenvalue weighted by molar-refractivity contribution is 0.0663. The van der Waals surface area contributed by atoms with Crippen molar-refractivity contribution in [3.8, 4) is 0 Å². The number of carbonyl (C=O) groups is 1. The van der Waals surface area contributed by atoms with Crippen molar-refractivity contribution in [1.29, 1.82) is 0 Å². The van der Waals surface area contributed by atoms with Gasteiger partial charge in [0.2, 0.25) is 0 Å². The summed E-state index contributed by atoms with van der Waals surface area (Å²) in [7, 11) is 1.74. The lowest BCUT2D eigenvalue weighted by Crippen LogP contribution is -2.37. The third-order valence-corrected chi connectivity index (χ3v) is 3.27. The Kier molecular flexibility index (Phi) is 5.39. The van der Waals surface area contributed by atoms with Gasteiger partial charge in [0.25, 0.3) is 5.91 Å². The molecule has 0 aliphatic rings. The monoisotopic (exact) mass is 283 g/mol. The quantitative estimate of drug-likeness (QED) is 0.902. The van der Waals surface area contributed by atoms with Gasteiger partial charge >= 0.3 is 0 Å². The van der Waals surface area contributed by atoms with Crippen molar-refractivity contribution in [2.75, 3.05) is 20.2 Å². The molecule has 1 rings (SSSR count). The van der Waals surface area contributed by atoms with E-state index in [4.69, 9.17) is 11.6 Å². The normalized spacial score (nSPS) is 11.5. The van der Waals surface area contributed by atoms with Gasteiger partial charge in [-0.25, -0.2) is 0 Å². The van der Waals surface area contributed by atoms with Crippen molar-refractivity contribution in [2.45, 2.75) is 27.2 Å². The van der Waals surface area contributed by atoms with Crippen molar-refractivity contribution >= 4 is 17.5 Å². The summed E-state index contributed by atoms with van der Waals surface area (Å²) in [5.74, 6) is -0.0706.